The van der Waals surface area contributed by atoms with Crippen LogP contribution in [0.25, 0.3) is 0 Å². The van der Waals surface area contributed by atoms with Crippen molar-refractivity contribution < 1.29 is 13.7 Å². The molecule has 0 saturated carbocycles. The van der Waals surface area contributed by atoms with E-state index in [-0.39, 0.29) is 16.9 Å². The highest BCUT2D eigenvalue weighted by molar-refractivity contribution is 7.86. The standard InChI is InChI=1S/C15H24N2O3S2/c1-15(2,3)22(19)10-6-16-14(18)17-7-8-20-12(11-17)13-5-4-9-21-13/h4-5,9,12H,6-8,10-11H2,1-3H3,(H,16,18)/t12-,22+/m0/s1. The van der Waals surface area contributed by atoms with E-state index >= 15 is 0 Å². The van der Waals surface area contributed by atoms with Crippen LogP contribution in [0.2, 0.25) is 0 Å². The molecule has 1 N–H and O–H groups in total. The smallest absolute Gasteiger partial charge is 0.317 e. The van der Waals surface area contributed by atoms with Gasteiger partial charge in [0.1, 0.15) is 6.10 Å². The molecule has 22 heavy (non-hydrogen) atoms. The molecule has 0 unspecified atom stereocenters. The number of thiophene rings is 1. The number of nitrogens with one attached hydrogen (secondary N) is 1. The molecule has 2 heterocycles. The van der Waals surface area contributed by atoms with E-state index in [1.165, 1.54) is 0 Å². The molecule has 2 atom stereocenters. The third kappa shape index (κ3) is 4.79. The number of urea groups is 1. The van der Waals surface area contributed by atoms with Crippen LogP contribution in [-0.2, 0) is 15.5 Å². The van der Waals surface area contributed by atoms with E-state index in [2.05, 4.69) is 5.32 Å². The lowest BCUT2D eigenvalue weighted by Crippen LogP contribution is -2.48. The van der Waals surface area contributed by atoms with Crippen LogP contribution in [0.3, 0.4) is 0 Å². The van der Waals surface area contributed by atoms with Crippen molar-refractivity contribution in [1.82, 2.24) is 10.2 Å². The highest BCUT2D eigenvalue weighted by Gasteiger charge is 2.26. The van der Waals surface area contributed by atoms with Crippen LogP contribution in [0.4, 0.5) is 4.79 Å². The Hall–Kier alpha value is -0.920. The summed E-state index contributed by atoms with van der Waals surface area (Å²) in [5.74, 6) is 0.480. The fraction of sp³-hybridized carbons (Fsp3) is 0.667. The number of nitrogens with zero attached hydrogens (tertiary/aromatic N) is 1. The van der Waals surface area contributed by atoms with Gasteiger partial charge in [0.2, 0.25) is 0 Å². The van der Waals surface area contributed by atoms with Gasteiger partial charge in [0.05, 0.1) is 13.2 Å². The van der Waals surface area contributed by atoms with Crippen molar-refractivity contribution in [2.24, 2.45) is 0 Å². The normalized spacial score (nSPS) is 20.7. The van der Waals surface area contributed by atoms with Crippen LogP contribution < -0.4 is 5.32 Å². The topological polar surface area (TPSA) is 58.6 Å². The maximum absolute atomic E-state index is 12.2. The minimum atomic E-state index is -0.946. The van der Waals surface area contributed by atoms with Crippen LogP contribution in [0, 0.1) is 0 Å². The average molecular weight is 345 g/mol. The van der Waals surface area contributed by atoms with E-state index in [1.54, 1.807) is 16.2 Å². The Morgan fingerprint density at radius 2 is 2.32 bits per heavy atom. The summed E-state index contributed by atoms with van der Waals surface area (Å²) in [4.78, 5) is 15.1. The molecule has 7 heteroatoms. The second-order valence-corrected chi connectivity index (χ2v) is 9.52. The van der Waals surface area contributed by atoms with Gasteiger partial charge in [-0.2, -0.15) is 0 Å². The molecule has 1 fully saturated rings. The molecule has 124 valence electrons. The summed E-state index contributed by atoms with van der Waals surface area (Å²) in [5.41, 5.74) is 0. The monoisotopic (exact) mass is 344 g/mol. The number of morpholine rings is 1. The molecule has 2 rings (SSSR count). The summed E-state index contributed by atoms with van der Waals surface area (Å²) in [6.45, 7) is 7.97. The van der Waals surface area contributed by atoms with Gasteiger partial charge in [-0.15, -0.1) is 11.3 Å². The predicted molar refractivity (Wildman–Crippen MR) is 90.7 cm³/mol. The Morgan fingerprint density at radius 3 is 2.95 bits per heavy atom. The first-order valence-electron chi connectivity index (χ1n) is 7.44. The molecule has 1 aromatic heterocycles. The van der Waals surface area contributed by atoms with Gasteiger partial charge in [-0.25, -0.2) is 4.79 Å². The van der Waals surface area contributed by atoms with Gasteiger partial charge in [-0.1, -0.05) is 6.07 Å². The maximum atomic E-state index is 12.2. The van der Waals surface area contributed by atoms with Gasteiger partial charge in [-0.3, -0.25) is 4.21 Å². The highest BCUT2D eigenvalue weighted by Crippen LogP contribution is 2.25. The number of rotatable bonds is 4. The van der Waals surface area contributed by atoms with E-state index in [1.807, 2.05) is 38.3 Å². The van der Waals surface area contributed by atoms with E-state index in [0.29, 0.717) is 32.0 Å². The predicted octanol–water partition coefficient (Wildman–Crippen LogP) is 2.38. The Labute approximate surface area is 138 Å². The van der Waals surface area contributed by atoms with Gasteiger partial charge < -0.3 is 15.0 Å². The Bertz CT molecular complexity index is 511. The van der Waals surface area contributed by atoms with Crippen molar-refractivity contribution in [2.45, 2.75) is 31.6 Å². The third-order valence-electron chi connectivity index (χ3n) is 3.46. The average Bonchev–Trinajstić information content (AvgIpc) is 3.00. The SMILES string of the molecule is CC(C)(C)[S@](=O)CCNC(=O)N1CCO[C@H](c2cccs2)C1. The molecule has 1 aliphatic rings. The lowest BCUT2D eigenvalue weighted by Gasteiger charge is -2.32. The van der Waals surface area contributed by atoms with Crippen LogP contribution in [-0.4, -0.2) is 51.9 Å². The van der Waals surface area contributed by atoms with E-state index in [4.69, 9.17) is 4.74 Å². The van der Waals surface area contributed by atoms with Crippen LogP contribution in [0.15, 0.2) is 17.5 Å². The number of hydrogen-bond acceptors (Lipinski definition) is 4. The summed E-state index contributed by atoms with van der Waals surface area (Å²) in [6.07, 6.45) is -0.0387. The molecule has 2 amide bonds. The van der Waals surface area contributed by atoms with Crippen molar-refractivity contribution in [3.05, 3.63) is 22.4 Å². The second-order valence-electron chi connectivity index (χ2n) is 6.21. The Morgan fingerprint density at radius 1 is 1.55 bits per heavy atom. The Kier molecular flexibility index (Phi) is 6.00. The molecule has 0 aromatic carbocycles. The zero-order valence-corrected chi connectivity index (χ0v) is 15.0. The fourth-order valence-electron chi connectivity index (χ4n) is 2.15. The lowest BCUT2D eigenvalue weighted by molar-refractivity contribution is -0.0134. The molecule has 1 saturated heterocycles. The van der Waals surface area contributed by atoms with Crippen molar-refractivity contribution in [2.75, 3.05) is 32.0 Å². The minimum Gasteiger partial charge on any atom is -0.369 e. The van der Waals surface area contributed by atoms with Gasteiger partial charge in [0.15, 0.2) is 0 Å². The van der Waals surface area contributed by atoms with Crippen molar-refractivity contribution in [3.8, 4) is 0 Å². The van der Waals surface area contributed by atoms with Crippen LogP contribution in [0.5, 0.6) is 0 Å². The molecular formula is C15H24N2O3S2. The molecule has 1 aromatic rings. The summed E-state index contributed by atoms with van der Waals surface area (Å²) in [6, 6.07) is 3.92. The number of carbonyl (C=O) groups is 1. The first-order valence-corrected chi connectivity index (χ1v) is 9.64. The van der Waals surface area contributed by atoms with Gasteiger partial charge in [0.25, 0.3) is 0 Å². The summed E-state index contributed by atoms with van der Waals surface area (Å²) < 4.78 is 17.4. The number of hydrogen-bond donors (Lipinski definition) is 1. The Balaban J connectivity index is 1.79. The quantitative estimate of drug-likeness (QED) is 0.912. The summed E-state index contributed by atoms with van der Waals surface area (Å²) in [5, 5.41) is 4.88. The maximum Gasteiger partial charge on any atom is 0.317 e. The first-order chi connectivity index (χ1) is 10.4. The van der Waals surface area contributed by atoms with Crippen LogP contribution in [0.1, 0.15) is 31.8 Å². The third-order valence-corrected chi connectivity index (χ3v) is 6.37. The minimum absolute atomic E-state index is 0.0387. The van der Waals surface area contributed by atoms with Gasteiger partial charge in [-0.05, 0) is 32.2 Å². The van der Waals surface area contributed by atoms with Gasteiger partial charge in [0, 0.05) is 39.3 Å². The fourth-order valence-corrected chi connectivity index (χ4v) is 3.81. The molecular weight excluding hydrogens is 320 g/mol. The van der Waals surface area contributed by atoms with Gasteiger partial charge >= 0.3 is 6.03 Å². The van der Waals surface area contributed by atoms with E-state index in [9.17, 15) is 9.00 Å². The zero-order chi connectivity index (χ0) is 16.2. The first kappa shape index (κ1) is 17.4. The summed E-state index contributed by atoms with van der Waals surface area (Å²) in [7, 11) is -0.946. The zero-order valence-electron chi connectivity index (χ0n) is 13.3. The second kappa shape index (κ2) is 7.57. The van der Waals surface area contributed by atoms with Crippen molar-refractivity contribution in [3.63, 3.8) is 0 Å². The lowest BCUT2D eigenvalue weighted by atomic mass is 10.2. The summed E-state index contributed by atoms with van der Waals surface area (Å²) >= 11 is 1.64. The number of amides is 2. The molecule has 0 aliphatic carbocycles. The number of carbonyl (C=O) groups excluding carboxylic acids is 1. The van der Waals surface area contributed by atoms with E-state index in [0.717, 1.165) is 4.88 Å². The van der Waals surface area contributed by atoms with Crippen molar-refractivity contribution >= 4 is 28.2 Å². The van der Waals surface area contributed by atoms with Crippen LogP contribution >= 0.6 is 11.3 Å². The van der Waals surface area contributed by atoms with E-state index < -0.39 is 10.8 Å². The number of ether oxygens (including phenoxy) is 1. The molecule has 5 nitrogen and oxygen atoms in total. The highest BCUT2D eigenvalue weighted by atomic mass is 32.2. The largest absolute Gasteiger partial charge is 0.369 e. The molecule has 1 aliphatic heterocycles. The van der Waals surface area contributed by atoms with Crippen molar-refractivity contribution in [1.29, 1.82) is 0 Å². The molecule has 0 radical (unpaired) electrons. The molecule has 0 bridgehead atoms. The molecule has 0 spiro atoms.